The minimum atomic E-state index is 0.618. The van der Waals surface area contributed by atoms with Gasteiger partial charge >= 0.3 is 0 Å². The summed E-state index contributed by atoms with van der Waals surface area (Å²) in [6, 6.07) is 0. The van der Waals surface area contributed by atoms with E-state index in [1.165, 1.54) is 24.2 Å². The third-order valence-electron chi connectivity index (χ3n) is 2.32. The van der Waals surface area contributed by atoms with Crippen LogP contribution in [0.5, 0.6) is 0 Å². The lowest BCUT2D eigenvalue weighted by Gasteiger charge is -2.18. The van der Waals surface area contributed by atoms with Crippen molar-refractivity contribution in [3.8, 4) is 0 Å². The molecule has 0 amide bonds. The second-order valence-electron chi connectivity index (χ2n) is 3.18. The molecule has 1 aromatic heterocycles. The Morgan fingerprint density at radius 1 is 1.36 bits per heavy atom. The van der Waals surface area contributed by atoms with E-state index in [1.807, 2.05) is 0 Å². The van der Waals surface area contributed by atoms with Crippen LogP contribution >= 0.6 is 0 Å². The Hall–Kier alpha value is -0.920. The van der Waals surface area contributed by atoms with Gasteiger partial charge in [0.05, 0.1) is 11.4 Å². The molecule has 1 unspecified atom stereocenters. The quantitative estimate of drug-likeness (QED) is 0.561. The van der Waals surface area contributed by atoms with Crippen molar-refractivity contribution >= 4 is 0 Å². The molecule has 1 aliphatic rings. The predicted molar refractivity (Wildman–Crippen MR) is 43.4 cm³/mol. The Morgan fingerprint density at radius 2 is 2.18 bits per heavy atom. The molecule has 1 aromatic rings. The van der Waals surface area contributed by atoms with E-state index >= 15 is 0 Å². The first-order valence-electron chi connectivity index (χ1n) is 4.17. The molecule has 2 nitrogen and oxygen atoms in total. The fourth-order valence-electron chi connectivity index (χ4n) is 1.69. The molecule has 0 saturated carbocycles. The minimum absolute atomic E-state index is 0.618. The summed E-state index contributed by atoms with van der Waals surface area (Å²) in [5.41, 5.74) is 2.44. The summed E-state index contributed by atoms with van der Waals surface area (Å²) >= 11 is 0. The van der Waals surface area contributed by atoms with Crippen molar-refractivity contribution in [2.24, 2.45) is 0 Å². The number of rotatable bonds is 0. The highest BCUT2D eigenvalue weighted by molar-refractivity contribution is 5.17. The molecule has 2 heteroatoms. The van der Waals surface area contributed by atoms with Crippen LogP contribution in [0.15, 0.2) is 12.4 Å². The van der Waals surface area contributed by atoms with Gasteiger partial charge in [-0.1, -0.05) is 6.92 Å². The van der Waals surface area contributed by atoms with E-state index in [0.29, 0.717) is 5.92 Å². The molecule has 0 radical (unpaired) electrons. The molecule has 0 fully saturated rings. The van der Waals surface area contributed by atoms with E-state index in [0.717, 1.165) is 6.42 Å². The number of nitrogens with zero attached hydrogens (tertiary/aromatic N) is 2. The van der Waals surface area contributed by atoms with Gasteiger partial charge in [0.1, 0.15) is 0 Å². The Bertz CT molecular complexity index is 257. The van der Waals surface area contributed by atoms with Crippen molar-refractivity contribution < 1.29 is 0 Å². The van der Waals surface area contributed by atoms with Crippen molar-refractivity contribution in [2.75, 3.05) is 0 Å². The lowest BCUT2D eigenvalue weighted by Crippen LogP contribution is -2.10. The van der Waals surface area contributed by atoms with Crippen LogP contribution in [0, 0.1) is 0 Å². The van der Waals surface area contributed by atoms with Crippen LogP contribution in [0.25, 0.3) is 0 Å². The van der Waals surface area contributed by atoms with E-state index in [2.05, 4.69) is 16.9 Å². The third-order valence-corrected chi connectivity index (χ3v) is 2.32. The van der Waals surface area contributed by atoms with Gasteiger partial charge in [-0.15, -0.1) is 0 Å². The first-order valence-corrected chi connectivity index (χ1v) is 4.17. The average Bonchev–Trinajstić information content (AvgIpc) is 2.06. The smallest absolute Gasteiger partial charge is 0.0646 e. The highest BCUT2D eigenvalue weighted by Crippen LogP contribution is 2.27. The van der Waals surface area contributed by atoms with E-state index in [1.54, 1.807) is 12.4 Å². The summed E-state index contributed by atoms with van der Waals surface area (Å²) < 4.78 is 0. The molecule has 0 N–H and O–H groups in total. The van der Waals surface area contributed by atoms with Crippen LogP contribution in [-0.4, -0.2) is 9.97 Å². The summed E-state index contributed by atoms with van der Waals surface area (Å²) in [5, 5.41) is 0. The number of hydrogen-bond donors (Lipinski definition) is 0. The van der Waals surface area contributed by atoms with Crippen molar-refractivity contribution in [2.45, 2.75) is 32.1 Å². The maximum absolute atomic E-state index is 4.34. The minimum Gasteiger partial charge on any atom is -0.258 e. The van der Waals surface area contributed by atoms with E-state index in [9.17, 15) is 0 Å². The largest absolute Gasteiger partial charge is 0.258 e. The van der Waals surface area contributed by atoms with Crippen molar-refractivity contribution in [1.82, 2.24) is 9.97 Å². The Balaban J connectivity index is 2.44. The van der Waals surface area contributed by atoms with Crippen LogP contribution in [0.1, 0.15) is 37.1 Å². The molecule has 0 aliphatic heterocycles. The summed E-state index contributed by atoms with van der Waals surface area (Å²) in [4.78, 5) is 8.64. The second-order valence-corrected chi connectivity index (χ2v) is 3.18. The molecular formula is C9H12N2. The van der Waals surface area contributed by atoms with Gasteiger partial charge in [0.15, 0.2) is 0 Å². The van der Waals surface area contributed by atoms with Crippen LogP contribution < -0.4 is 0 Å². The molecule has 2 rings (SSSR count). The predicted octanol–water partition coefficient (Wildman–Crippen LogP) is 1.92. The van der Waals surface area contributed by atoms with Crippen LogP contribution in [-0.2, 0) is 6.42 Å². The summed E-state index contributed by atoms with van der Waals surface area (Å²) in [5.74, 6) is 0.618. The maximum Gasteiger partial charge on any atom is 0.0646 e. The average molecular weight is 148 g/mol. The molecular weight excluding hydrogens is 136 g/mol. The third kappa shape index (κ3) is 1.13. The normalized spacial score (nSPS) is 22.8. The summed E-state index contributed by atoms with van der Waals surface area (Å²) in [6.07, 6.45) is 7.24. The zero-order valence-electron chi connectivity index (χ0n) is 6.75. The Kier molecular flexibility index (Phi) is 1.60. The number of aryl methyl sites for hydroxylation is 1. The van der Waals surface area contributed by atoms with E-state index < -0.39 is 0 Å². The van der Waals surface area contributed by atoms with Gasteiger partial charge in [-0.3, -0.25) is 9.97 Å². The summed E-state index contributed by atoms with van der Waals surface area (Å²) in [7, 11) is 0. The standard InChI is InChI=1S/C9H12N2/c1-7-3-2-4-8-9(7)11-6-5-10-8/h5-7H,2-4H2,1H3. The molecule has 1 atom stereocenters. The zero-order chi connectivity index (χ0) is 7.68. The molecule has 11 heavy (non-hydrogen) atoms. The maximum atomic E-state index is 4.34. The Morgan fingerprint density at radius 3 is 3.00 bits per heavy atom. The molecule has 0 bridgehead atoms. The molecule has 58 valence electrons. The molecule has 1 heterocycles. The van der Waals surface area contributed by atoms with Crippen molar-refractivity contribution in [1.29, 1.82) is 0 Å². The fraction of sp³-hybridized carbons (Fsp3) is 0.556. The van der Waals surface area contributed by atoms with Gasteiger partial charge in [-0.2, -0.15) is 0 Å². The highest BCUT2D eigenvalue weighted by Gasteiger charge is 2.17. The zero-order valence-corrected chi connectivity index (χ0v) is 6.75. The highest BCUT2D eigenvalue weighted by atomic mass is 14.8. The number of fused-ring (bicyclic) bond motifs is 1. The molecule has 0 aromatic carbocycles. The van der Waals surface area contributed by atoms with Gasteiger partial charge in [0, 0.05) is 18.3 Å². The summed E-state index contributed by atoms with van der Waals surface area (Å²) in [6.45, 7) is 2.23. The first-order chi connectivity index (χ1) is 5.38. The molecule has 1 aliphatic carbocycles. The van der Waals surface area contributed by atoms with E-state index in [-0.39, 0.29) is 0 Å². The van der Waals surface area contributed by atoms with Gasteiger partial charge in [-0.25, -0.2) is 0 Å². The topological polar surface area (TPSA) is 25.8 Å². The van der Waals surface area contributed by atoms with Crippen molar-refractivity contribution in [3.05, 3.63) is 23.8 Å². The SMILES string of the molecule is CC1CCCc2nccnc21. The lowest BCUT2D eigenvalue weighted by atomic mass is 9.91. The molecule has 0 saturated heterocycles. The van der Waals surface area contributed by atoms with Crippen molar-refractivity contribution in [3.63, 3.8) is 0 Å². The van der Waals surface area contributed by atoms with Gasteiger partial charge in [-0.05, 0) is 19.3 Å². The number of hydrogen-bond acceptors (Lipinski definition) is 2. The second kappa shape index (κ2) is 2.61. The number of aromatic nitrogens is 2. The lowest BCUT2D eigenvalue weighted by molar-refractivity contribution is 0.561. The van der Waals surface area contributed by atoms with Crippen LogP contribution in [0.4, 0.5) is 0 Å². The fourth-order valence-corrected chi connectivity index (χ4v) is 1.69. The monoisotopic (exact) mass is 148 g/mol. The first kappa shape index (κ1) is 6.77. The molecule has 0 spiro atoms. The van der Waals surface area contributed by atoms with Gasteiger partial charge in [0.25, 0.3) is 0 Å². The van der Waals surface area contributed by atoms with Gasteiger partial charge < -0.3 is 0 Å². The van der Waals surface area contributed by atoms with Gasteiger partial charge in [0.2, 0.25) is 0 Å². The van der Waals surface area contributed by atoms with E-state index in [4.69, 9.17) is 0 Å². The van der Waals surface area contributed by atoms with Crippen LogP contribution in [0.2, 0.25) is 0 Å². The Labute approximate surface area is 66.7 Å². The van der Waals surface area contributed by atoms with Crippen LogP contribution in [0.3, 0.4) is 0 Å².